The summed E-state index contributed by atoms with van der Waals surface area (Å²) in [5.41, 5.74) is 1.34. The normalized spacial score (nSPS) is 16.3. The number of aliphatic imine (C=N–C) groups is 1. The minimum Gasteiger partial charge on any atom is -0.462 e. The Bertz CT molecular complexity index is 788. The molecular weight excluding hydrogens is 302 g/mol. The van der Waals surface area contributed by atoms with Gasteiger partial charge >= 0.3 is 0 Å². The molecule has 0 saturated heterocycles. The second-order valence-corrected chi connectivity index (χ2v) is 6.04. The highest BCUT2D eigenvalue weighted by Gasteiger charge is 2.30. The number of nitrogens with zero attached hydrogens (tertiary/aromatic N) is 3. The molecule has 0 saturated carbocycles. The van der Waals surface area contributed by atoms with E-state index < -0.39 is 0 Å². The predicted molar refractivity (Wildman–Crippen MR) is 94.7 cm³/mol. The Morgan fingerprint density at radius 1 is 1.17 bits per heavy atom. The van der Waals surface area contributed by atoms with E-state index in [1.54, 1.807) is 11.0 Å². The molecule has 0 N–H and O–H groups in total. The number of amidine groups is 1. The van der Waals surface area contributed by atoms with E-state index in [9.17, 15) is 4.79 Å². The minimum atomic E-state index is -0.0928. The third-order valence-electron chi connectivity index (χ3n) is 3.79. The molecule has 5 nitrogen and oxygen atoms in total. The zero-order valence-electron chi connectivity index (χ0n) is 14.2. The van der Waals surface area contributed by atoms with E-state index in [1.807, 2.05) is 68.4 Å². The average Bonchev–Trinajstić information content (AvgIpc) is 3.11. The molecule has 2 aromatic rings. The van der Waals surface area contributed by atoms with Crippen LogP contribution < -0.4 is 0 Å². The van der Waals surface area contributed by atoms with Gasteiger partial charge in [-0.25, -0.2) is 4.99 Å². The smallest absolute Gasteiger partial charge is 0.278 e. The monoisotopic (exact) mass is 323 g/mol. The maximum absolute atomic E-state index is 12.8. The maximum atomic E-state index is 12.8. The Morgan fingerprint density at radius 3 is 2.54 bits per heavy atom. The van der Waals surface area contributed by atoms with Crippen LogP contribution in [-0.4, -0.2) is 48.7 Å². The van der Waals surface area contributed by atoms with Crippen molar-refractivity contribution in [2.24, 2.45) is 4.99 Å². The second kappa shape index (κ2) is 6.84. The lowest BCUT2D eigenvalue weighted by atomic mass is 10.2. The summed E-state index contributed by atoms with van der Waals surface area (Å²) in [6.07, 6.45) is 1.70. The molecule has 1 amide bonds. The number of likely N-dealkylation sites (N-methyl/N-ethyl adjacent to an activating group) is 1. The van der Waals surface area contributed by atoms with Gasteiger partial charge in [-0.2, -0.15) is 0 Å². The molecule has 1 aliphatic heterocycles. The van der Waals surface area contributed by atoms with Crippen molar-refractivity contribution >= 4 is 17.8 Å². The summed E-state index contributed by atoms with van der Waals surface area (Å²) in [5, 5.41) is 0. The summed E-state index contributed by atoms with van der Waals surface area (Å²) in [6.45, 7) is 3.24. The van der Waals surface area contributed by atoms with E-state index in [1.165, 1.54) is 0 Å². The summed E-state index contributed by atoms with van der Waals surface area (Å²) in [4.78, 5) is 21.2. The van der Waals surface area contributed by atoms with Crippen LogP contribution in [0.1, 0.15) is 17.1 Å². The van der Waals surface area contributed by atoms with Crippen molar-refractivity contribution in [2.45, 2.75) is 6.92 Å². The van der Waals surface area contributed by atoms with Crippen LogP contribution in [0.25, 0.3) is 6.08 Å². The van der Waals surface area contributed by atoms with Crippen LogP contribution in [0.15, 0.2) is 57.6 Å². The van der Waals surface area contributed by atoms with Gasteiger partial charge in [-0.05, 0) is 33.2 Å². The highest BCUT2D eigenvalue weighted by molar-refractivity contribution is 6.19. The maximum Gasteiger partial charge on any atom is 0.278 e. The van der Waals surface area contributed by atoms with Crippen molar-refractivity contribution in [2.75, 3.05) is 27.2 Å². The number of benzene rings is 1. The number of rotatable bonds is 5. The van der Waals surface area contributed by atoms with Gasteiger partial charge in [0.1, 0.15) is 23.1 Å². The topological polar surface area (TPSA) is 49.0 Å². The lowest BCUT2D eigenvalue weighted by Crippen LogP contribution is -2.38. The Hall–Kier alpha value is -2.66. The molecule has 0 fully saturated rings. The fourth-order valence-corrected chi connectivity index (χ4v) is 2.53. The van der Waals surface area contributed by atoms with Crippen molar-refractivity contribution < 1.29 is 9.21 Å². The molecule has 0 atom stereocenters. The molecule has 3 rings (SSSR count). The first-order valence-electron chi connectivity index (χ1n) is 7.93. The van der Waals surface area contributed by atoms with Gasteiger partial charge in [-0.1, -0.05) is 30.3 Å². The Labute approximate surface area is 141 Å². The largest absolute Gasteiger partial charge is 0.462 e. The van der Waals surface area contributed by atoms with Gasteiger partial charge in [-0.3, -0.25) is 9.69 Å². The number of aryl methyl sites for hydroxylation is 1. The number of hydrogen-bond acceptors (Lipinski definition) is 4. The number of hydrogen-bond donors (Lipinski definition) is 0. The van der Waals surface area contributed by atoms with E-state index >= 15 is 0 Å². The Morgan fingerprint density at radius 2 is 1.92 bits per heavy atom. The molecule has 0 bridgehead atoms. The van der Waals surface area contributed by atoms with E-state index in [-0.39, 0.29) is 5.91 Å². The quantitative estimate of drug-likeness (QED) is 0.795. The van der Waals surface area contributed by atoms with Crippen molar-refractivity contribution in [3.63, 3.8) is 0 Å². The summed E-state index contributed by atoms with van der Waals surface area (Å²) < 4.78 is 5.54. The zero-order chi connectivity index (χ0) is 17.1. The number of carbonyl (C=O) groups is 1. The van der Waals surface area contributed by atoms with Gasteiger partial charge in [0.2, 0.25) is 0 Å². The molecule has 24 heavy (non-hydrogen) atoms. The first-order valence-corrected chi connectivity index (χ1v) is 7.93. The highest BCUT2D eigenvalue weighted by atomic mass is 16.3. The molecule has 0 unspecified atom stereocenters. The van der Waals surface area contributed by atoms with Gasteiger partial charge in [0.05, 0.1) is 0 Å². The Kier molecular flexibility index (Phi) is 4.62. The van der Waals surface area contributed by atoms with Crippen LogP contribution in [0.5, 0.6) is 0 Å². The van der Waals surface area contributed by atoms with Crippen molar-refractivity contribution in [1.82, 2.24) is 9.80 Å². The van der Waals surface area contributed by atoms with E-state index in [2.05, 4.69) is 4.99 Å². The first-order chi connectivity index (χ1) is 11.5. The van der Waals surface area contributed by atoms with Crippen LogP contribution >= 0.6 is 0 Å². The van der Waals surface area contributed by atoms with E-state index in [4.69, 9.17) is 4.42 Å². The molecule has 1 aliphatic rings. The molecular formula is C19H21N3O2. The predicted octanol–water partition coefficient (Wildman–Crippen LogP) is 2.78. The molecule has 2 heterocycles. The summed E-state index contributed by atoms with van der Waals surface area (Å²) in [7, 11) is 3.98. The summed E-state index contributed by atoms with van der Waals surface area (Å²) >= 11 is 0. The first kappa shape index (κ1) is 16.2. The SMILES string of the molecule is Cc1ccc(/C=C2/N=C(c3ccccc3)N(CCN(C)C)C2=O)o1. The third kappa shape index (κ3) is 3.46. The molecule has 0 radical (unpaired) electrons. The van der Waals surface area contributed by atoms with Gasteiger partial charge in [0.25, 0.3) is 5.91 Å². The van der Waals surface area contributed by atoms with Gasteiger partial charge < -0.3 is 9.32 Å². The Balaban J connectivity index is 1.95. The minimum absolute atomic E-state index is 0.0928. The molecule has 1 aromatic carbocycles. The van der Waals surface area contributed by atoms with Gasteiger partial charge in [-0.15, -0.1) is 0 Å². The number of furan rings is 1. The van der Waals surface area contributed by atoms with Crippen LogP contribution in [0.2, 0.25) is 0 Å². The summed E-state index contributed by atoms with van der Waals surface area (Å²) in [5.74, 6) is 2.05. The highest BCUT2D eigenvalue weighted by Crippen LogP contribution is 2.22. The second-order valence-electron chi connectivity index (χ2n) is 6.04. The van der Waals surface area contributed by atoms with Crippen LogP contribution in [0.3, 0.4) is 0 Å². The zero-order valence-corrected chi connectivity index (χ0v) is 14.2. The van der Waals surface area contributed by atoms with Crippen molar-refractivity contribution in [3.05, 3.63) is 65.2 Å². The van der Waals surface area contributed by atoms with Crippen molar-refractivity contribution in [3.8, 4) is 0 Å². The van der Waals surface area contributed by atoms with E-state index in [0.717, 1.165) is 17.9 Å². The third-order valence-corrected chi connectivity index (χ3v) is 3.79. The molecule has 0 aliphatic carbocycles. The lowest BCUT2D eigenvalue weighted by Gasteiger charge is -2.20. The van der Waals surface area contributed by atoms with Gasteiger partial charge in [0, 0.05) is 24.7 Å². The fraction of sp³-hybridized carbons (Fsp3) is 0.263. The van der Waals surface area contributed by atoms with E-state index in [0.29, 0.717) is 23.8 Å². The lowest BCUT2D eigenvalue weighted by molar-refractivity contribution is -0.122. The van der Waals surface area contributed by atoms with Gasteiger partial charge in [0.15, 0.2) is 0 Å². The van der Waals surface area contributed by atoms with Crippen molar-refractivity contribution in [1.29, 1.82) is 0 Å². The number of amides is 1. The molecule has 124 valence electrons. The van der Waals surface area contributed by atoms with Crippen LogP contribution in [-0.2, 0) is 4.79 Å². The fourth-order valence-electron chi connectivity index (χ4n) is 2.53. The van der Waals surface area contributed by atoms with Crippen LogP contribution in [0, 0.1) is 6.92 Å². The molecule has 0 spiro atoms. The average molecular weight is 323 g/mol. The summed E-state index contributed by atoms with van der Waals surface area (Å²) in [6, 6.07) is 13.5. The molecule has 5 heteroatoms. The molecule has 1 aromatic heterocycles. The standard InChI is InChI=1S/C19H21N3O2/c1-14-9-10-16(24-14)13-17-19(23)22(12-11-21(2)3)18(20-17)15-7-5-4-6-8-15/h4-10,13H,11-12H2,1-3H3/b17-13+. The number of carbonyl (C=O) groups excluding carboxylic acids is 1. The van der Waals surface area contributed by atoms with Crippen LogP contribution in [0.4, 0.5) is 0 Å².